The van der Waals surface area contributed by atoms with Gasteiger partial charge in [-0.2, -0.15) is 0 Å². The zero-order valence-electron chi connectivity index (χ0n) is 11.4. The van der Waals surface area contributed by atoms with Crippen molar-refractivity contribution in [3.63, 3.8) is 0 Å². The molecule has 0 aromatic carbocycles. The minimum atomic E-state index is -0.119. The van der Waals surface area contributed by atoms with Crippen molar-refractivity contribution in [2.45, 2.75) is 39.2 Å². The quantitative estimate of drug-likeness (QED) is 0.793. The molecule has 2 N–H and O–H groups in total. The summed E-state index contributed by atoms with van der Waals surface area (Å²) in [4.78, 5) is 16.0. The maximum absolute atomic E-state index is 12.0. The van der Waals surface area contributed by atoms with Crippen LogP contribution in [0.25, 0.3) is 0 Å². The van der Waals surface area contributed by atoms with Crippen molar-refractivity contribution in [2.24, 2.45) is 0 Å². The molecule has 0 aliphatic rings. The number of aromatic nitrogens is 1. The minimum absolute atomic E-state index is 0.0370. The third kappa shape index (κ3) is 5.11. The van der Waals surface area contributed by atoms with Crippen LogP contribution in [0.1, 0.15) is 49.0 Å². The molecule has 0 aliphatic carbocycles. The predicted octanol–water partition coefficient (Wildman–Crippen LogP) is 1.73. The number of carbonyl (C=O) groups is 1. The van der Waals surface area contributed by atoms with Gasteiger partial charge in [0.1, 0.15) is 0 Å². The van der Waals surface area contributed by atoms with Crippen LogP contribution in [0.3, 0.4) is 0 Å². The van der Waals surface area contributed by atoms with Crippen molar-refractivity contribution in [3.05, 3.63) is 29.6 Å². The Labute approximate surface area is 114 Å². The maximum Gasteiger partial charge on any atom is 0.253 e. The molecular weight excluding hydrogens is 240 g/mol. The van der Waals surface area contributed by atoms with Gasteiger partial charge in [0.25, 0.3) is 5.91 Å². The van der Waals surface area contributed by atoms with E-state index in [1.807, 2.05) is 13.8 Å². The lowest BCUT2D eigenvalue weighted by atomic mass is 10.1. The molecule has 1 aromatic heterocycles. The van der Waals surface area contributed by atoms with E-state index in [0.717, 1.165) is 12.8 Å². The Bertz CT molecular complexity index is 471. The fourth-order valence-electron chi connectivity index (χ4n) is 1.61. The predicted molar refractivity (Wildman–Crippen MR) is 74.7 cm³/mol. The largest absolute Gasteiger partial charge is 0.395 e. The van der Waals surface area contributed by atoms with E-state index in [9.17, 15) is 4.79 Å². The van der Waals surface area contributed by atoms with Crippen LogP contribution in [0.15, 0.2) is 18.5 Å². The first kappa shape index (κ1) is 15.2. The van der Waals surface area contributed by atoms with Crippen molar-refractivity contribution in [2.75, 3.05) is 6.61 Å². The SMILES string of the molecule is CCC(CC)NC(=O)c1cncc(C#CCCO)c1. The summed E-state index contributed by atoms with van der Waals surface area (Å²) < 4.78 is 0. The standard InChI is InChI=1S/C15H20N2O2/c1-3-14(4-2)17-15(19)13-9-12(10-16-11-13)7-5-6-8-18/h9-11,14,18H,3-4,6,8H2,1-2H3,(H,17,19). The first-order chi connectivity index (χ1) is 9.21. The molecule has 1 rings (SSSR count). The zero-order chi connectivity index (χ0) is 14.1. The smallest absolute Gasteiger partial charge is 0.253 e. The topological polar surface area (TPSA) is 62.2 Å². The summed E-state index contributed by atoms with van der Waals surface area (Å²) in [6.07, 6.45) is 5.38. The molecule has 0 unspecified atom stereocenters. The van der Waals surface area contributed by atoms with E-state index < -0.39 is 0 Å². The molecule has 0 atom stereocenters. The Kier molecular flexibility index (Phi) is 6.62. The van der Waals surface area contributed by atoms with E-state index in [4.69, 9.17) is 5.11 Å². The number of nitrogens with one attached hydrogen (secondary N) is 1. The molecule has 4 heteroatoms. The van der Waals surface area contributed by atoms with Crippen molar-refractivity contribution in [1.29, 1.82) is 0 Å². The van der Waals surface area contributed by atoms with Gasteiger partial charge in [0, 0.05) is 30.4 Å². The molecule has 0 spiro atoms. The molecular formula is C15H20N2O2. The van der Waals surface area contributed by atoms with Crippen molar-refractivity contribution in [1.82, 2.24) is 10.3 Å². The number of hydrogen-bond donors (Lipinski definition) is 2. The van der Waals surface area contributed by atoms with Crippen LogP contribution in [-0.2, 0) is 0 Å². The second-order valence-electron chi connectivity index (χ2n) is 4.22. The summed E-state index contributed by atoms with van der Waals surface area (Å²) in [6.45, 7) is 4.13. The van der Waals surface area contributed by atoms with Gasteiger partial charge in [-0.3, -0.25) is 9.78 Å². The van der Waals surface area contributed by atoms with Crippen LogP contribution >= 0.6 is 0 Å². The molecule has 0 bridgehead atoms. The van der Waals surface area contributed by atoms with E-state index in [2.05, 4.69) is 22.1 Å². The molecule has 1 heterocycles. The Morgan fingerprint density at radius 3 is 2.79 bits per heavy atom. The lowest BCUT2D eigenvalue weighted by Crippen LogP contribution is -2.33. The summed E-state index contributed by atoms with van der Waals surface area (Å²) >= 11 is 0. The second kappa shape index (κ2) is 8.28. The van der Waals surface area contributed by atoms with E-state index in [1.54, 1.807) is 12.3 Å². The summed E-state index contributed by atoms with van der Waals surface area (Å²) in [6, 6.07) is 1.91. The van der Waals surface area contributed by atoms with Gasteiger partial charge in [0.2, 0.25) is 0 Å². The Morgan fingerprint density at radius 1 is 1.42 bits per heavy atom. The monoisotopic (exact) mass is 260 g/mol. The number of carbonyl (C=O) groups excluding carboxylic acids is 1. The molecule has 0 radical (unpaired) electrons. The average molecular weight is 260 g/mol. The molecule has 1 amide bonds. The number of pyridine rings is 1. The number of hydrogen-bond acceptors (Lipinski definition) is 3. The summed E-state index contributed by atoms with van der Waals surface area (Å²) in [7, 11) is 0. The van der Waals surface area contributed by atoms with Gasteiger partial charge in [-0.1, -0.05) is 25.7 Å². The van der Waals surface area contributed by atoms with E-state index in [-0.39, 0.29) is 18.6 Å². The third-order valence-electron chi connectivity index (χ3n) is 2.79. The van der Waals surface area contributed by atoms with E-state index in [0.29, 0.717) is 17.5 Å². The van der Waals surface area contributed by atoms with E-state index in [1.165, 1.54) is 6.20 Å². The number of amides is 1. The lowest BCUT2D eigenvalue weighted by Gasteiger charge is -2.14. The van der Waals surface area contributed by atoms with Gasteiger partial charge in [0.15, 0.2) is 0 Å². The maximum atomic E-state index is 12.0. The fourth-order valence-corrected chi connectivity index (χ4v) is 1.61. The molecule has 1 aromatic rings. The molecule has 4 nitrogen and oxygen atoms in total. The summed E-state index contributed by atoms with van der Waals surface area (Å²) in [5, 5.41) is 11.6. The molecule has 102 valence electrons. The molecule has 0 aliphatic heterocycles. The Morgan fingerprint density at radius 2 is 2.16 bits per heavy atom. The highest BCUT2D eigenvalue weighted by atomic mass is 16.2. The zero-order valence-corrected chi connectivity index (χ0v) is 11.4. The lowest BCUT2D eigenvalue weighted by molar-refractivity contribution is 0.0934. The highest BCUT2D eigenvalue weighted by Gasteiger charge is 2.10. The molecule has 19 heavy (non-hydrogen) atoms. The Balaban J connectivity index is 2.76. The first-order valence-corrected chi connectivity index (χ1v) is 6.56. The number of aliphatic hydroxyl groups is 1. The van der Waals surface area contributed by atoms with Crippen LogP contribution in [0.2, 0.25) is 0 Å². The van der Waals surface area contributed by atoms with Gasteiger partial charge >= 0.3 is 0 Å². The minimum Gasteiger partial charge on any atom is -0.395 e. The van der Waals surface area contributed by atoms with Crippen LogP contribution in [0, 0.1) is 11.8 Å². The van der Waals surface area contributed by atoms with Crippen LogP contribution in [0.4, 0.5) is 0 Å². The highest BCUT2D eigenvalue weighted by molar-refractivity contribution is 5.94. The number of aliphatic hydroxyl groups excluding tert-OH is 1. The van der Waals surface area contributed by atoms with Crippen molar-refractivity contribution >= 4 is 5.91 Å². The van der Waals surface area contributed by atoms with Gasteiger partial charge in [0.05, 0.1) is 12.2 Å². The van der Waals surface area contributed by atoms with Crippen molar-refractivity contribution in [3.8, 4) is 11.8 Å². The van der Waals surface area contributed by atoms with Crippen LogP contribution in [0.5, 0.6) is 0 Å². The highest BCUT2D eigenvalue weighted by Crippen LogP contribution is 2.04. The first-order valence-electron chi connectivity index (χ1n) is 6.56. The Hall–Kier alpha value is -1.86. The number of rotatable bonds is 5. The summed E-state index contributed by atoms with van der Waals surface area (Å²) in [5.41, 5.74) is 1.20. The summed E-state index contributed by atoms with van der Waals surface area (Å²) in [5.74, 6) is 5.56. The van der Waals surface area contributed by atoms with Crippen LogP contribution < -0.4 is 5.32 Å². The van der Waals surface area contributed by atoms with Crippen LogP contribution in [-0.4, -0.2) is 28.6 Å². The fraction of sp³-hybridized carbons (Fsp3) is 0.467. The molecule has 0 saturated heterocycles. The second-order valence-corrected chi connectivity index (χ2v) is 4.22. The van der Waals surface area contributed by atoms with E-state index >= 15 is 0 Å². The van der Waals surface area contributed by atoms with Gasteiger partial charge in [-0.05, 0) is 18.9 Å². The average Bonchev–Trinajstić information content (AvgIpc) is 2.45. The third-order valence-corrected chi connectivity index (χ3v) is 2.79. The normalized spacial score (nSPS) is 9.89. The van der Waals surface area contributed by atoms with Gasteiger partial charge in [-0.15, -0.1) is 0 Å². The van der Waals surface area contributed by atoms with Gasteiger partial charge < -0.3 is 10.4 Å². The van der Waals surface area contributed by atoms with Gasteiger partial charge in [-0.25, -0.2) is 0 Å². The molecule has 0 saturated carbocycles. The number of nitrogens with zero attached hydrogens (tertiary/aromatic N) is 1. The van der Waals surface area contributed by atoms with Crippen molar-refractivity contribution < 1.29 is 9.90 Å². The molecule has 0 fully saturated rings.